The van der Waals surface area contributed by atoms with Gasteiger partial charge in [-0.05, 0) is 24.3 Å². The Bertz CT molecular complexity index is 1270. The number of aromatic nitrogens is 6. The minimum atomic E-state index is -4.52. The van der Waals surface area contributed by atoms with Crippen molar-refractivity contribution in [3.63, 3.8) is 0 Å². The predicted molar refractivity (Wildman–Crippen MR) is 112 cm³/mol. The highest BCUT2D eigenvalue weighted by molar-refractivity contribution is 5.99. The molecule has 3 aromatic heterocycles. The summed E-state index contributed by atoms with van der Waals surface area (Å²) in [6.07, 6.45) is -2.86. The number of pyridine rings is 1. The number of rotatable bonds is 4. The summed E-state index contributed by atoms with van der Waals surface area (Å²) in [5.74, 6) is 0.321. The van der Waals surface area contributed by atoms with E-state index in [4.69, 9.17) is 5.73 Å². The van der Waals surface area contributed by atoms with Crippen molar-refractivity contribution in [1.29, 1.82) is 0 Å². The van der Waals surface area contributed by atoms with Gasteiger partial charge in [0.05, 0.1) is 18.8 Å². The molecular weight excluding hydrogens is 423 g/mol. The second-order valence-corrected chi connectivity index (χ2v) is 7.34. The van der Waals surface area contributed by atoms with Gasteiger partial charge in [0.25, 0.3) is 0 Å². The molecule has 3 N–H and O–H groups in total. The van der Waals surface area contributed by atoms with Crippen LogP contribution in [-0.4, -0.2) is 36.5 Å². The van der Waals surface area contributed by atoms with E-state index < -0.39 is 12.0 Å². The number of hydrogen-bond acceptors (Lipinski definition) is 8. The van der Waals surface area contributed by atoms with Crippen molar-refractivity contribution in [1.82, 2.24) is 29.9 Å². The Hall–Kier alpha value is -3.96. The van der Waals surface area contributed by atoms with Crippen LogP contribution >= 0.6 is 0 Å². The fraction of sp³-hybridized carbons (Fsp3) is 0.250. The Morgan fingerprint density at radius 1 is 0.969 bits per heavy atom. The van der Waals surface area contributed by atoms with Crippen molar-refractivity contribution in [3.8, 4) is 0 Å². The lowest BCUT2D eigenvalue weighted by atomic mass is 10.1. The van der Waals surface area contributed by atoms with Gasteiger partial charge in [-0.3, -0.25) is 0 Å². The first-order valence-corrected chi connectivity index (χ1v) is 9.84. The molecule has 0 radical (unpaired) electrons. The van der Waals surface area contributed by atoms with Crippen molar-refractivity contribution in [3.05, 3.63) is 59.9 Å². The van der Waals surface area contributed by atoms with E-state index in [9.17, 15) is 13.2 Å². The van der Waals surface area contributed by atoms with Gasteiger partial charge in [0.1, 0.15) is 5.82 Å². The van der Waals surface area contributed by atoms with Crippen LogP contribution in [0.4, 0.5) is 30.5 Å². The molecule has 0 unspecified atom stereocenters. The highest BCUT2D eigenvalue weighted by Gasteiger charge is 2.39. The zero-order chi connectivity index (χ0) is 22.3. The Morgan fingerprint density at radius 3 is 2.62 bits per heavy atom. The normalized spacial score (nSPS) is 13.9. The number of alkyl halides is 3. The van der Waals surface area contributed by atoms with Gasteiger partial charge in [0.15, 0.2) is 11.6 Å². The molecule has 4 aromatic rings. The number of hydrogen-bond donors (Lipinski definition) is 2. The van der Waals surface area contributed by atoms with Gasteiger partial charge in [-0.25, -0.2) is 4.98 Å². The maximum absolute atomic E-state index is 13.0. The molecule has 0 fully saturated rings. The first-order valence-electron chi connectivity index (χ1n) is 9.84. The molecule has 0 amide bonds. The number of halogens is 3. The minimum absolute atomic E-state index is 0.126. The summed E-state index contributed by atoms with van der Waals surface area (Å²) in [6, 6.07) is 11.3. The number of nitrogens with two attached hydrogens (primary N) is 1. The smallest absolute Gasteiger partial charge is 0.383 e. The quantitative estimate of drug-likeness (QED) is 0.498. The number of nitrogens with one attached hydrogen (secondary N) is 1. The summed E-state index contributed by atoms with van der Waals surface area (Å²) in [7, 11) is 0. The molecule has 0 atom stereocenters. The van der Waals surface area contributed by atoms with Crippen molar-refractivity contribution in [2.24, 2.45) is 0 Å². The number of anilines is 3. The highest BCUT2D eigenvalue weighted by atomic mass is 19.4. The fourth-order valence-electron chi connectivity index (χ4n) is 3.75. The Kier molecular flexibility index (Phi) is 4.76. The van der Waals surface area contributed by atoms with Crippen molar-refractivity contribution >= 4 is 28.1 Å². The van der Waals surface area contributed by atoms with E-state index >= 15 is 0 Å². The second kappa shape index (κ2) is 7.62. The Morgan fingerprint density at radius 2 is 1.84 bits per heavy atom. The molecule has 0 bridgehead atoms. The van der Waals surface area contributed by atoms with Gasteiger partial charge >= 0.3 is 6.18 Å². The molecule has 0 saturated carbocycles. The van der Waals surface area contributed by atoms with E-state index in [1.807, 2.05) is 35.2 Å². The summed E-state index contributed by atoms with van der Waals surface area (Å²) in [4.78, 5) is 5.93. The molecule has 32 heavy (non-hydrogen) atoms. The molecule has 12 heteroatoms. The fourth-order valence-corrected chi connectivity index (χ4v) is 3.75. The van der Waals surface area contributed by atoms with Crippen molar-refractivity contribution in [2.45, 2.75) is 25.8 Å². The molecule has 4 heterocycles. The SMILES string of the molecule is Nc1nccc2c(NCc3ccc(N4CCn5c(nnc5C(F)(F)F)C4)nn3)cccc12. The van der Waals surface area contributed by atoms with Gasteiger partial charge in [0.2, 0.25) is 5.82 Å². The maximum atomic E-state index is 13.0. The van der Waals surface area contributed by atoms with E-state index in [1.165, 1.54) is 0 Å². The van der Waals surface area contributed by atoms with Crippen LogP contribution in [0.3, 0.4) is 0 Å². The molecule has 1 aliphatic heterocycles. The maximum Gasteiger partial charge on any atom is 0.451 e. The van der Waals surface area contributed by atoms with Gasteiger partial charge < -0.3 is 20.5 Å². The molecule has 0 saturated heterocycles. The lowest BCUT2D eigenvalue weighted by Gasteiger charge is -2.28. The van der Waals surface area contributed by atoms with Crippen LogP contribution in [0.5, 0.6) is 0 Å². The van der Waals surface area contributed by atoms with Crippen LogP contribution in [0.2, 0.25) is 0 Å². The number of nitrogens with zero attached hydrogens (tertiary/aromatic N) is 7. The average Bonchev–Trinajstić information content (AvgIpc) is 3.22. The summed E-state index contributed by atoms with van der Waals surface area (Å²) < 4.78 is 40.1. The third-order valence-corrected chi connectivity index (χ3v) is 5.33. The third-order valence-electron chi connectivity index (χ3n) is 5.33. The summed E-state index contributed by atoms with van der Waals surface area (Å²) in [5.41, 5.74) is 7.56. The lowest BCUT2D eigenvalue weighted by Crippen LogP contribution is -2.36. The van der Waals surface area contributed by atoms with Gasteiger partial charge in [-0.2, -0.15) is 18.3 Å². The van der Waals surface area contributed by atoms with Gasteiger partial charge in [0, 0.05) is 35.7 Å². The van der Waals surface area contributed by atoms with Crippen LogP contribution in [0, 0.1) is 0 Å². The van der Waals surface area contributed by atoms with Crippen molar-refractivity contribution in [2.75, 3.05) is 22.5 Å². The molecule has 1 aliphatic rings. The molecule has 9 nitrogen and oxygen atoms in total. The van der Waals surface area contributed by atoms with E-state index in [2.05, 4.69) is 30.7 Å². The monoisotopic (exact) mass is 441 g/mol. The summed E-state index contributed by atoms with van der Waals surface area (Å²) in [6.45, 7) is 1.10. The predicted octanol–water partition coefficient (Wildman–Crippen LogP) is 2.85. The molecule has 1 aromatic carbocycles. The first kappa shape index (κ1) is 20.0. The van der Waals surface area contributed by atoms with E-state index in [1.54, 1.807) is 12.3 Å². The zero-order valence-corrected chi connectivity index (χ0v) is 16.7. The largest absolute Gasteiger partial charge is 0.451 e. The van der Waals surface area contributed by atoms with Crippen LogP contribution in [-0.2, 0) is 25.8 Å². The molecule has 164 valence electrons. The standard InChI is InChI=1S/C20H18F3N9/c21-20(22,23)19-30-29-17-11-31(8-9-32(17)19)16-5-4-12(27-28-16)10-26-15-3-1-2-14-13(15)6-7-25-18(14)24/h1-7,26H,8-11H2,(H2,24,25). The molecule has 0 aliphatic carbocycles. The second-order valence-electron chi connectivity index (χ2n) is 7.34. The lowest BCUT2D eigenvalue weighted by molar-refractivity contribution is -0.147. The van der Waals surface area contributed by atoms with Gasteiger partial charge in [-0.1, -0.05) is 12.1 Å². The summed E-state index contributed by atoms with van der Waals surface area (Å²) in [5, 5.41) is 20.6. The minimum Gasteiger partial charge on any atom is -0.383 e. The van der Waals surface area contributed by atoms with Crippen LogP contribution in [0.15, 0.2) is 42.6 Å². The first-order chi connectivity index (χ1) is 15.4. The van der Waals surface area contributed by atoms with Crippen molar-refractivity contribution < 1.29 is 13.2 Å². The van der Waals surface area contributed by atoms with Crippen LogP contribution in [0.25, 0.3) is 10.8 Å². The number of nitrogen functional groups attached to an aromatic ring is 1. The molecule has 0 spiro atoms. The Balaban J connectivity index is 1.28. The number of fused-ring (bicyclic) bond motifs is 2. The molecule has 5 rings (SSSR count). The highest BCUT2D eigenvalue weighted by Crippen LogP contribution is 2.30. The number of benzene rings is 1. The summed E-state index contributed by atoms with van der Waals surface area (Å²) >= 11 is 0. The third kappa shape index (κ3) is 3.63. The van der Waals surface area contributed by atoms with Crippen LogP contribution in [0.1, 0.15) is 17.3 Å². The van der Waals surface area contributed by atoms with E-state index in [0.717, 1.165) is 21.0 Å². The molecular formula is C20H18F3N9. The van der Waals surface area contributed by atoms with Gasteiger partial charge in [-0.15, -0.1) is 15.3 Å². The Labute approximate surface area is 180 Å². The zero-order valence-electron chi connectivity index (χ0n) is 16.7. The van der Waals surface area contributed by atoms with E-state index in [0.29, 0.717) is 30.4 Å². The van der Waals surface area contributed by atoms with Crippen LogP contribution < -0.4 is 16.0 Å². The average molecular weight is 441 g/mol. The van der Waals surface area contributed by atoms with E-state index in [-0.39, 0.29) is 18.9 Å². The topological polar surface area (TPSA) is 111 Å².